The molecule has 1 atom stereocenters. The molecule has 5 nitrogen and oxygen atoms in total. The Morgan fingerprint density at radius 2 is 1.31 bits per heavy atom. The first-order chi connectivity index (χ1) is 13.9. The summed E-state index contributed by atoms with van der Waals surface area (Å²) in [5, 5.41) is 4.06. The molecular weight excluding hydrogens is 386 g/mol. The van der Waals surface area contributed by atoms with Crippen molar-refractivity contribution < 1.29 is 17.9 Å². The number of thiol groups is 1. The molecule has 2 aromatic rings. The summed E-state index contributed by atoms with van der Waals surface area (Å²) in [6, 6.07) is 16.8. The predicted octanol–water partition coefficient (Wildman–Crippen LogP) is 3.63. The molecule has 0 bridgehead atoms. The number of methoxy groups -OCH3 is 2. The molecule has 0 aliphatic rings. The van der Waals surface area contributed by atoms with Crippen LogP contribution in [0, 0.1) is 24.2 Å². The molecule has 0 aliphatic carbocycles. The number of benzene rings is 2. The fourth-order valence-corrected chi connectivity index (χ4v) is 3.28. The third-order valence-electron chi connectivity index (χ3n) is 4.57. The highest BCUT2D eigenvalue weighted by Crippen LogP contribution is 2.25. The van der Waals surface area contributed by atoms with Crippen molar-refractivity contribution in [3.05, 3.63) is 59.7 Å². The fraction of sp³-hybridized carbons (Fsp3) is 0.391. The summed E-state index contributed by atoms with van der Waals surface area (Å²) in [7, 11) is 0.774. The lowest BCUT2D eigenvalue weighted by Crippen LogP contribution is -2.13. The average Bonchev–Trinajstić information content (AvgIpc) is 2.69. The molecule has 29 heavy (non-hydrogen) atoms. The molecule has 0 radical (unpaired) electrons. The zero-order chi connectivity index (χ0) is 21.6. The molecule has 1 unspecified atom stereocenters. The molecule has 2 rings (SSSR count). The van der Waals surface area contributed by atoms with Crippen molar-refractivity contribution in [3.8, 4) is 23.8 Å². The Labute approximate surface area is 176 Å². The van der Waals surface area contributed by atoms with Crippen LogP contribution >= 0.6 is 0 Å². The Bertz CT molecular complexity index is 766. The van der Waals surface area contributed by atoms with Crippen LogP contribution in [0.1, 0.15) is 30.9 Å². The molecule has 0 saturated carbocycles. The van der Waals surface area contributed by atoms with E-state index in [0.29, 0.717) is 11.8 Å². The Kier molecular flexibility index (Phi) is 11.6. The Morgan fingerprint density at radius 1 is 0.931 bits per heavy atom. The lowest BCUT2D eigenvalue weighted by atomic mass is 9.84. The Balaban J connectivity index is 0.000000960. The van der Waals surface area contributed by atoms with E-state index in [1.807, 2.05) is 24.3 Å². The fourth-order valence-electron chi connectivity index (χ4n) is 3.28. The summed E-state index contributed by atoms with van der Waals surface area (Å²) in [6.45, 7) is 2.24. The van der Waals surface area contributed by atoms with Gasteiger partial charge in [-0.2, -0.15) is 0 Å². The van der Waals surface area contributed by atoms with E-state index in [1.165, 1.54) is 11.1 Å². The van der Waals surface area contributed by atoms with Crippen molar-refractivity contribution in [1.29, 1.82) is 0 Å². The van der Waals surface area contributed by atoms with Crippen LogP contribution in [0.15, 0.2) is 48.5 Å². The van der Waals surface area contributed by atoms with E-state index in [-0.39, 0.29) is 0 Å². The lowest BCUT2D eigenvalue weighted by Gasteiger charge is -2.21. The van der Waals surface area contributed by atoms with Crippen molar-refractivity contribution in [3.63, 3.8) is 0 Å². The predicted molar refractivity (Wildman–Crippen MR) is 119 cm³/mol. The molecule has 158 valence electrons. The first kappa shape index (κ1) is 24.5. The quantitative estimate of drug-likeness (QED) is 0.482. The van der Waals surface area contributed by atoms with Gasteiger partial charge < -0.3 is 9.47 Å². The van der Waals surface area contributed by atoms with Crippen LogP contribution in [0.5, 0.6) is 11.5 Å². The van der Waals surface area contributed by atoms with Gasteiger partial charge in [-0.1, -0.05) is 31.2 Å². The SMILES string of the molecule is C#CCC(C)CC(Cc1ccc(OC)cc1)Cc1ccc(OC)cc1.N[SH](=O)=O. The zero-order valence-corrected chi connectivity index (χ0v) is 18.2. The molecule has 2 aromatic carbocycles. The number of rotatable bonds is 9. The first-order valence-corrected chi connectivity index (χ1v) is 10.7. The highest BCUT2D eigenvalue weighted by Gasteiger charge is 2.15. The maximum Gasteiger partial charge on any atom is 0.198 e. The zero-order valence-electron chi connectivity index (χ0n) is 17.3. The third-order valence-corrected chi connectivity index (χ3v) is 4.57. The highest BCUT2D eigenvalue weighted by molar-refractivity contribution is 7.69. The number of terminal acetylenes is 1. The molecule has 0 spiro atoms. The van der Waals surface area contributed by atoms with Crippen LogP contribution in [0.4, 0.5) is 0 Å². The van der Waals surface area contributed by atoms with Crippen molar-refractivity contribution in [1.82, 2.24) is 0 Å². The van der Waals surface area contributed by atoms with E-state index < -0.39 is 10.9 Å². The molecule has 0 amide bonds. The van der Waals surface area contributed by atoms with Gasteiger partial charge in [-0.25, -0.2) is 13.6 Å². The van der Waals surface area contributed by atoms with Crippen molar-refractivity contribution in [2.45, 2.75) is 32.6 Å². The van der Waals surface area contributed by atoms with Gasteiger partial charge in [0.15, 0.2) is 10.9 Å². The van der Waals surface area contributed by atoms with Crippen LogP contribution in [0.2, 0.25) is 0 Å². The average molecular weight is 418 g/mol. The largest absolute Gasteiger partial charge is 0.497 e. The molecule has 0 aromatic heterocycles. The standard InChI is InChI=1S/C23H28O2.H3NO2S/c1-5-6-18(2)15-21(16-19-7-11-22(24-3)12-8-19)17-20-9-13-23(25-4)14-10-20;1-4(2)3/h1,7-14,18,21H,6,15-17H2,2-4H3;4H,(H2,1,2,3). The summed E-state index contributed by atoms with van der Waals surface area (Å²) in [4.78, 5) is 0. The third kappa shape index (κ3) is 10.6. The highest BCUT2D eigenvalue weighted by atomic mass is 32.2. The summed E-state index contributed by atoms with van der Waals surface area (Å²) in [5.74, 6) is 5.69. The number of nitrogens with two attached hydrogens (primary N) is 1. The second-order valence-corrected chi connectivity index (χ2v) is 7.58. The summed E-state index contributed by atoms with van der Waals surface area (Å²) in [6.07, 6.45) is 9.55. The maximum atomic E-state index is 8.81. The van der Waals surface area contributed by atoms with E-state index in [9.17, 15) is 0 Å². The number of hydrogen-bond donors (Lipinski definition) is 2. The molecular formula is C23H31NO4S. The van der Waals surface area contributed by atoms with Gasteiger partial charge in [0.2, 0.25) is 0 Å². The Morgan fingerprint density at radius 3 is 1.62 bits per heavy atom. The van der Waals surface area contributed by atoms with Crippen LogP contribution < -0.4 is 14.6 Å². The summed E-state index contributed by atoms with van der Waals surface area (Å²) < 4.78 is 28.1. The molecule has 6 heteroatoms. The Hall–Kier alpha value is -2.49. The monoisotopic (exact) mass is 417 g/mol. The van der Waals surface area contributed by atoms with E-state index in [1.54, 1.807) is 14.2 Å². The van der Waals surface area contributed by atoms with Gasteiger partial charge in [0.05, 0.1) is 14.2 Å². The van der Waals surface area contributed by atoms with Gasteiger partial charge in [-0.05, 0) is 66.5 Å². The maximum absolute atomic E-state index is 8.81. The van der Waals surface area contributed by atoms with E-state index >= 15 is 0 Å². The van der Waals surface area contributed by atoms with Gasteiger partial charge in [0.1, 0.15) is 11.5 Å². The van der Waals surface area contributed by atoms with Gasteiger partial charge in [-0.3, -0.25) is 0 Å². The lowest BCUT2D eigenvalue weighted by molar-refractivity contribution is 0.388. The van der Waals surface area contributed by atoms with Gasteiger partial charge in [0.25, 0.3) is 0 Å². The van der Waals surface area contributed by atoms with Gasteiger partial charge in [-0.15, -0.1) is 12.3 Å². The second-order valence-electron chi connectivity index (χ2n) is 7.00. The minimum Gasteiger partial charge on any atom is -0.497 e. The summed E-state index contributed by atoms with van der Waals surface area (Å²) >= 11 is 0. The van der Waals surface area contributed by atoms with Crippen molar-refractivity contribution in [2.75, 3.05) is 14.2 Å². The molecule has 2 N–H and O–H groups in total. The van der Waals surface area contributed by atoms with Crippen LogP contribution in [0.3, 0.4) is 0 Å². The van der Waals surface area contributed by atoms with Crippen molar-refractivity contribution >= 4 is 10.9 Å². The van der Waals surface area contributed by atoms with E-state index in [4.69, 9.17) is 24.3 Å². The number of ether oxygens (including phenoxy) is 2. The van der Waals surface area contributed by atoms with E-state index in [2.05, 4.69) is 42.2 Å². The van der Waals surface area contributed by atoms with Gasteiger partial charge >= 0.3 is 0 Å². The van der Waals surface area contributed by atoms with Gasteiger partial charge in [0, 0.05) is 6.42 Å². The van der Waals surface area contributed by atoms with Crippen LogP contribution in [-0.4, -0.2) is 22.6 Å². The van der Waals surface area contributed by atoms with Crippen LogP contribution in [0.25, 0.3) is 0 Å². The molecule has 0 saturated heterocycles. The van der Waals surface area contributed by atoms with Crippen molar-refractivity contribution in [2.24, 2.45) is 17.0 Å². The molecule has 0 aliphatic heterocycles. The second kappa shape index (κ2) is 13.6. The first-order valence-electron chi connectivity index (χ1n) is 9.46. The molecule has 0 heterocycles. The number of hydrogen-bond acceptors (Lipinski definition) is 4. The normalized spacial score (nSPS) is 11.3. The molecule has 0 fully saturated rings. The topological polar surface area (TPSA) is 78.6 Å². The smallest absolute Gasteiger partial charge is 0.198 e. The summed E-state index contributed by atoms with van der Waals surface area (Å²) in [5.41, 5.74) is 2.68. The minimum atomic E-state index is -2.62. The van der Waals surface area contributed by atoms with E-state index in [0.717, 1.165) is 37.2 Å². The minimum absolute atomic E-state index is 0.534. The van der Waals surface area contributed by atoms with Crippen LogP contribution in [-0.2, 0) is 23.7 Å².